The Morgan fingerprint density at radius 1 is 0.913 bits per heavy atom. The summed E-state index contributed by atoms with van der Waals surface area (Å²) in [6.45, 7) is 9.25. The van der Waals surface area contributed by atoms with Gasteiger partial charge in [0.15, 0.2) is 0 Å². The van der Waals surface area contributed by atoms with E-state index >= 15 is 0 Å². The quantitative estimate of drug-likeness (QED) is 0.146. The zero-order chi connectivity index (χ0) is 33.9. The molecule has 0 aliphatic rings. The van der Waals surface area contributed by atoms with Crippen LogP contribution in [-0.4, -0.2) is 58.3 Å². The SMILES string of the molecule is CCCCCCN(C(=O)C(Cc1ccc(O)cc1)NC(=O)OC(C)(C)C)C(C(=O)Nc1ccc(OC)cc1)c1ccc(O)c(C)c1. The van der Waals surface area contributed by atoms with E-state index in [9.17, 15) is 24.6 Å². The van der Waals surface area contributed by atoms with Crippen LogP contribution in [0.15, 0.2) is 66.7 Å². The number of aryl methyl sites for hydroxylation is 1. The molecule has 0 saturated carbocycles. The lowest BCUT2D eigenvalue weighted by atomic mass is 9.98. The molecule has 0 bridgehead atoms. The van der Waals surface area contributed by atoms with E-state index in [1.807, 2.05) is 0 Å². The van der Waals surface area contributed by atoms with Crippen LogP contribution in [0.2, 0.25) is 0 Å². The predicted molar refractivity (Wildman–Crippen MR) is 178 cm³/mol. The molecule has 10 heteroatoms. The van der Waals surface area contributed by atoms with Crippen molar-refractivity contribution < 1.29 is 34.1 Å². The van der Waals surface area contributed by atoms with E-state index < -0.39 is 35.6 Å². The molecule has 10 nitrogen and oxygen atoms in total. The Labute approximate surface area is 271 Å². The third-order valence-electron chi connectivity index (χ3n) is 7.36. The summed E-state index contributed by atoms with van der Waals surface area (Å²) in [7, 11) is 1.55. The minimum absolute atomic E-state index is 0.0654. The Balaban J connectivity index is 2.09. The van der Waals surface area contributed by atoms with Crippen molar-refractivity contribution in [2.75, 3.05) is 19.0 Å². The van der Waals surface area contributed by atoms with Crippen LogP contribution in [-0.2, 0) is 20.7 Å². The largest absolute Gasteiger partial charge is 0.508 e. The fourth-order valence-electron chi connectivity index (χ4n) is 5.00. The number of phenolic OH excluding ortho intramolecular Hbond substituents is 2. The number of phenols is 2. The molecule has 46 heavy (non-hydrogen) atoms. The van der Waals surface area contributed by atoms with Crippen molar-refractivity contribution in [1.29, 1.82) is 0 Å². The zero-order valence-electron chi connectivity index (χ0n) is 27.6. The summed E-state index contributed by atoms with van der Waals surface area (Å²) in [4.78, 5) is 43.4. The normalized spacial score (nSPS) is 12.5. The first-order valence-corrected chi connectivity index (χ1v) is 15.6. The van der Waals surface area contributed by atoms with E-state index in [0.29, 0.717) is 34.5 Å². The number of amides is 3. The maximum absolute atomic E-state index is 14.6. The van der Waals surface area contributed by atoms with Gasteiger partial charge in [0.1, 0.15) is 34.9 Å². The molecule has 0 heterocycles. The smallest absolute Gasteiger partial charge is 0.408 e. The number of rotatable bonds is 14. The van der Waals surface area contributed by atoms with Gasteiger partial charge < -0.3 is 35.2 Å². The van der Waals surface area contributed by atoms with Crippen LogP contribution in [0.4, 0.5) is 10.5 Å². The number of unbranched alkanes of at least 4 members (excludes halogenated alkanes) is 3. The van der Waals surface area contributed by atoms with Crippen molar-refractivity contribution in [3.05, 3.63) is 83.4 Å². The number of carbonyl (C=O) groups excluding carboxylic acids is 3. The summed E-state index contributed by atoms with van der Waals surface area (Å²) in [5.74, 6) is -0.171. The number of carbonyl (C=O) groups is 3. The molecule has 3 aromatic rings. The summed E-state index contributed by atoms with van der Waals surface area (Å²) in [5, 5.41) is 25.8. The van der Waals surface area contributed by atoms with Crippen LogP contribution >= 0.6 is 0 Å². The number of hydrogen-bond acceptors (Lipinski definition) is 7. The predicted octanol–water partition coefficient (Wildman–Crippen LogP) is 6.64. The van der Waals surface area contributed by atoms with Gasteiger partial charge in [0.25, 0.3) is 5.91 Å². The number of nitrogens with one attached hydrogen (secondary N) is 2. The molecule has 248 valence electrons. The van der Waals surface area contributed by atoms with Gasteiger partial charge in [0.05, 0.1) is 7.11 Å². The van der Waals surface area contributed by atoms with Gasteiger partial charge in [-0.25, -0.2) is 4.79 Å². The van der Waals surface area contributed by atoms with Gasteiger partial charge in [0.2, 0.25) is 5.91 Å². The van der Waals surface area contributed by atoms with Crippen LogP contribution in [0.25, 0.3) is 0 Å². The molecule has 0 saturated heterocycles. The van der Waals surface area contributed by atoms with Crippen molar-refractivity contribution in [2.24, 2.45) is 0 Å². The molecule has 0 aliphatic carbocycles. The molecule has 0 fully saturated rings. The van der Waals surface area contributed by atoms with Crippen LogP contribution in [0.3, 0.4) is 0 Å². The Hall–Kier alpha value is -4.73. The second-order valence-corrected chi connectivity index (χ2v) is 12.3. The molecule has 0 aliphatic heterocycles. The molecule has 4 N–H and O–H groups in total. The Bertz CT molecular complexity index is 1450. The first-order chi connectivity index (χ1) is 21.8. The van der Waals surface area contributed by atoms with Crippen molar-refractivity contribution in [3.63, 3.8) is 0 Å². The lowest BCUT2D eigenvalue weighted by molar-refractivity contribution is -0.140. The van der Waals surface area contributed by atoms with Crippen molar-refractivity contribution in [1.82, 2.24) is 10.2 Å². The molecule has 2 atom stereocenters. The summed E-state index contributed by atoms with van der Waals surface area (Å²) < 4.78 is 10.8. The summed E-state index contributed by atoms with van der Waals surface area (Å²) in [6.07, 6.45) is 2.72. The van der Waals surface area contributed by atoms with Crippen LogP contribution in [0.1, 0.15) is 76.1 Å². The molecule has 3 rings (SSSR count). The lowest BCUT2D eigenvalue weighted by Gasteiger charge is -2.35. The minimum Gasteiger partial charge on any atom is -0.508 e. The highest BCUT2D eigenvalue weighted by atomic mass is 16.6. The topological polar surface area (TPSA) is 137 Å². The standard InChI is InChI=1S/C36H47N3O7/c1-7-8-9-10-21-39(34(43)30(38-35(44)46-36(3,4)5)23-25-11-16-28(40)17-12-25)32(26-13-20-31(41)24(2)22-26)33(42)37-27-14-18-29(45-6)19-15-27/h11-20,22,30,32,40-41H,7-10,21,23H2,1-6H3,(H,37,42)(H,38,44). The second kappa shape index (κ2) is 16.5. The number of anilines is 1. The Kier molecular flexibility index (Phi) is 12.9. The number of aromatic hydroxyl groups is 2. The maximum atomic E-state index is 14.6. The number of hydrogen-bond donors (Lipinski definition) is 4. The van der Waals surface area contributed by atoms with Gasteiger partial charge in [0, 0.05) is 18.7 Å². The zero-order valence-corrected chi connectivity index (χ0v) is 27.6. The summed E-state index contributed by atoms with van der Waals surface area (Å²) in [5.41, 5.74) is 1.45. The van der Waals surface area contributed by atoms with Gasteiger partial charge in [-0.1, -0.05) is 44.4 Å². The second-order valence-electron chi connectivity index (χ2n) is 12.3. The number of methoxy groups -OCH3 is 1. The fraction of sp³-hybridized carbons (Fsp3) is 0.417. The summed E-state index contributed by atoms with van der Waals surface area (Å²) >= 11 is 0. The number of nitrogens with zero attached hydrogens (tertiary/aromatic N) is 1. The molecule has 0 aromatic heterocycles. The molecule has 3 aromatic carbocycles. The highest BCUT2D eigenvalue weighted by Crippen LogP contribution is 2.29. The number of benzene rings is 3. The number of ether oxygens (including phenoxy) is 2. The van der Waals surface area contributed by atoms with E-state index in [1.165, 1.54) is 23.1 Å². The molecular weight excluding hydrogens is 586 g/mol. The summed E-state index contributed by atoms with van der Waals surface area (Å²) in [6, 6.07) is 15.9. The molecular formula is C36H47N3O7. The van der Waals surface area contributed by atoms with Crippen molar-refractivity contribution in [2.45, 2.75) is 84.4 Å². The lowest BCUT2D eigenvalue weighted by Crippen LogP contribution is -2.53. The third-order valence-corrected chi connectivity index (χ3v) is 7.36. The van der Waals surface area contributed by atoms with Crippen molar-refractivity contribution in [3.8, 4) is 17.2 Å². The van der Waals surface area contributed by atoms with Gasteiger partial charge in [-0.2, -0.15) is 0 Å². The van der Waals surface area contributed by atoms with Gasteiger partial charge in [-0.3, -0.25) is 9.59 Å². The highest BCUT2D eigenvalue weighted by Gasteiger charge is 2.36. The van der Waals surface area contributed by atoms with E-state index in [-0.39, 0.29) is 24.5 Å². The first kappa shape index (κ1) is 35.7. The van der Waals surface area contributed by atoms with Crippen LogP contribution in [0.5, 0.6) is 17.2 Å². The third kappa shape index (κ3) is 10.7. The highest BCUT2D eigenvalue weighted by molar-refractivity contribution is 5.99. The van der Waals surface area contributed by atoms with E-state index in [4.69, 9.17) is 9.47 Å². The molecule has 2 unspecified atom stereocenters. The Morgan fingerprint density at radius 3 is 2.17 bits per heavy atom. The van der Waals surface area contributed by atoms with E-state index in [1.54, 1.807) is 83.3 Å². The van der Waals surface area contributed by atoms with Crippen LogP contribution < -0.4 is 15.4 Å². The maximum Gasteiger partial charge on any atom is 0.408 e. The molecule has 0 radical (unpaired) electrons. The van der Waals surface area contributed by atoms with Crippen LogP contribution in [0, 0.1) is 6.92 Å². The Morgan fingerprint density at radius 2 is 1.59 bits per heavy atom. The minimum atomic E-state index is -1.10. The number of alkyl carbamates (subject to hydrolysis) is 1. The average molecular weight is 634 g/mol. The molecule has 3 amide bonds. The van der Waals surface area contributed by atoms with Gasteiger partial charge >= 0.3 is 6.09 Å². The first-order valence-electron chi connectivity index (χ1n) is 15.6. The van der Waals surface area contributed by atoms with Gasteiger partial charge in [-0.15, -0.1) is 0 Å². The molecule has 0 spiro atoms. The monoisotopic (exact) mass is 633 g/mol. The average Bonchev–Trinajstić information content (AvgIpc) is 3.00. The fourth-order valence-corrected chi connectivity index (χ4v) is 5.00. The van der Waals surface area contributed by atoms with Gasteiger partial charge in [-0.05, 0) is 99.3 Å². The van der Waals surface area contributed by atoms with E-state index in [0.717, 1.165) is 19.3 Å². The van der Waals surface area contributed by atoms with Crippen molar-refractivity contribution >= 4 is 23.6 Å². The van der Waals surface area contributed by atoms with E-state index in [2.05, 4.69) is 17.6 Å².